The maximum Gasteiger partial charge on any atom is 0.224 e. The predicted molar refractivity (Wildman–Crippen MR) is 81.2 cm³/mol. The second-order valence-electron chi connectivity index (χ2n) is 5.84. The highest BCUT2D eigenvalue weighted by molar-refractivity contribution is 5.76. The standard InChI is InChI=1S/C15H22N6O/c1-12-17-13(2)21(18-12)14-4-3-7-20(10-14)15(22)5-8-19-9-6-16-11-19/h6,9,11,14H,3-5,7-8,10H2,1-2H3/t14-/m0/s1. The average molecular weight is 302 g/mol. The number of nitrogens with zero attached hydrogens (tertiary/aromatic N) is 6. The molecule has 3 heterocycles. The van der Waals surface area contributed by atoms with Gasteiger partial charge in [0, 0.05) is 38.4 Å². The van der Waals surface area contributed by atoms with Gasteiger partial charge in [0.15, 0.2) is 0 Å². The maximum absolute atomic E-state index is 12.4. The lowest BCUT2D eigenvalue weighted by molar-refractivity contribution is -0.133. The van der Waals surface area contributed by atoms with Crippen LogP contribution in [0.15, 0.2) is 18.7 Å². The van der Waals surface area contributed by atoms with E-state index in [9.17, 15) is 4.79 Å². The number of hydrogen-bond donors (Lipinski definition) is 0. The predicted octanol–water partition coefficient (Wildman–Crippen LogP) is 1.35. The summed E-state index contributed by atoms with van der Waals surface area (Å²) in [4.78, 5) is 22.7. The molecule has 0 aromatic carbocycles. The van der Waals surface area contributed by atoms with E-state index in [1.165, 1.54) is 0 Å². The van der Waals surface area contributed by atoms with Gasteiger partial charge in [0.05, 0.1) is 12.4 Å². The Hall–Kier alpha value is -2.18. The Labute approximate surface area is 130 Å². The number of hydrogen-bond acceptors (Lipinski definition) is 4. The number of aromatic nitrogens is 5. The van der Waals surface area contributed by atoms with Crippen LogP contribution in [0.1, 0.15) is 37.0 Å². The number of imidazole rings is 1. The van der Waals surface area contributed by atoms with Crippen molar-refractivity contribution in [2.45, 2.75) is 45.7 Å². The summed E-state index contributed by atoms with van der Waals surface area (Å²) in [5, 5.41) is 4.47. The average Bonchev–Trinajstić information content (AvgIpc) is 3.14. The Morgan fingerprint density at radius 3 is 2.95 bits per heavy atom. The Morgan fingerprint density at radius 1 is 1.41 bits per heavy atom. The molecule has 1 amide bonds. The lowest BCUT2D eigenvalue weighted by Gasteiger charge is -2.33. The molecule has 2 aromatic heterocycles. The molecule has 1 saturated heterocycles. The first-order chi connectivity index (χ1) is 10.6. The van der Waals surface area contributed by atoms with Gasteiger partial charge in [-0.2, -0.15) is 5.10 Å². The van der Waals surface area contributed by atoms with Crippen LogP contribution in [0.2, 0.25) is 0 Å². The lowest BCUT2D eigenvalue weighted by Crippen LogP contribution is -2.41. The highest BCUT2D eigenvalue weighted by atomic mass is 16.2. The topological polar surface area (TPSA) is 68.8 Å². The van der Waals surface area contributed by atoms with E-state index in [2.05, 4.69) is 15.1 Å². The second kappa shape index (κ2) is 6.29. The first-order valence-corrected chi connectivity index (χ1v) is 7.77. The minimum absolute atomic E-state index is 0.202. The van der Waals surface area contributed by atoms with Crippen LogP contribution in [0.3, 0.4) is 0 Å². The molecule has 7 nitrogen and oxygen atoms in total. The summed E-state index contributed by atoms with van der Waals surface area (Å²) in [6, 6.07) is 0.243. The molecule has 1 atom stereocenters. The summed E-state index contributed by atoms with van der Waals surface area (Å²) in [7, 11) is 0. The smallest absolute Gasteiger partial charge is 0.224 e. The molecule has 22 heavy (non-hydrogen) atoms. The molecule has 1 fully saturated rings. The number of carbonyl (C=O) groups is 1. The van der Waals surface area contributed by atoms with E-state index >= 15 is 0 Å². The maximum atomic E-state index is 12.4. The van der Waals surface area contributed by atoms with Gasteiger partial charge in [-0.15, -0.1) is 0 Å². The second-order valence-corrected chi connectivity index (χ2v) is 5.84. The zero-order valence-electron chi connectivity index (χ0n) is 13.1. The summed E-state index contributed by atoms with van der Waals surface area (Å²) < 4.78 is 3.91. The summed E-state index contributed by atoms with van der Waals surface area (Å²) in [5.41, 5.74) is 0. The summed E-state index contributed by atoms with van der Waals surface area (Å²) in [6.45, 7) is 6.13. The van der Waals surface area contributed by atoms with Crippen molar-refractivity contribution in [2.24, 2.45) is 0 Å². The minimum Gasteiger partial charge on any atom is -0.340 e. The summed E-state index contributed by atoms with van der Waals surface area (Å²) in [5.74, 6) is 1.92. The molecule has 0 radical (unpaired) electrons. The van der Waals surface area contributed by atoms with Gasteiger partial charge in [0.2, 0.25) is 5.91 Å². The van der Waals surface area contributed by atoms with Crippen molar-refractivity contribution in [2.75, 3.05) is 13.1 Å². The molecule has 0 saturated carbocycles. The van der Waals surface area contributed by atoms with Gasteiger partial charge in [-0.3, -0.25) is 4.79 Å². The Balaban J connectivity index is 1.60. The fourth-order valence-electron chi connectivity index (χ4n) is 3.06. The van der Waals surface area contributed by atoms with E-state index in [4.69, 9.17) is 0 Å². The Bertz CT molecular complexity index is 633. The molecule has 0 spiro atoms. The van der Waals surface area contributed by atoms with E-state index in [0.29, 0.717) is 13.0 Å². The number of rotatable bonds is 4. The quantitative estimate of drug-likeness (QED) is 0.855. The van der Waals surface area contributed by atoms with Crippen LogP contribution in [0.5, 0.6) is 0 Å². The van der Waals surface area contributed by atoms with Crippen LogP contribution >= 0.6 is 0 Å². The Kier molecular flexibility index (Phi) is 4.22. The van der Waals surface area contributed by atoms with Crippen LogP contribution in [-0.4, -0.2) is 48.2 Å². The number of likely N-dealkylation sites (tertiary alicyclic amines) is 1. The van der Waals surface area contributed by atoms with Gasteiger partial charge >= 0.3 is 0 Å². The fourth-order valence-corrected chi connectivity index (χ4v) is 3.06. The van der Waals surface area contributed by atoms with E-state index < -0.39 is 0 Å². The zero-order chi connectivity index (χ0) is 15.5. The van der Waals surface area contributed by atoms with Gasteiger partial charge in [-0.05, 0) is 26.7 Å². The van der Waals surface area contributed by atoms with Crippen molar-refractivity contribution >= 4 is 5.91 Å². The molecule has 1 aliphatic heterocycles. The molecule has 0 unspecified atom stereocenters. The molecule has 118 valence electrons. The van der Waals surface area contributed by atoms with Crippen molar-refractivity contribution in [3.63, 3.8) is 0 Å². The molecule has 7 heteroatoms. The van der Waals surface area contributed by atoms with Gasteiger partial charge < -0.3 is 9.47 Å². The fraction of sp³-hybridized carbons (Fsp3) is 0.600. The highest BCUT2D eigenvalue weighted by Gasteiger charge is 2.26. The molecule has 2 aromatic rings. The third-order valence-electron chi connectivity index (χ3n) is 4.15. The van der Waals surface area contributed by atoms with Crippen molar-refractivity contribution in [3.05, 3.63) is 30.4 Å². The van der Waals surface area contributed by atoms with E-state index in [1.54, 1.807) is 12.5 Å². The number of carbonyl (C=O) groups excluding carboxylic acids is 1. The largest absolute Gasteiger partial charge is 0.340 e. The van der Waals surface area contributed by atoms with Crippen molar-refractivity contribution in [1.82, 2.24) is 29.2 Å². The van der Waals surface area contributed by atoms with E-state index in [-0.39, 0.29) is 11.9 Å². The molecule has 1 aliphatic rings. The first kappa shape index (κ1) is 14.7. The van der Waals surface area contributed by atoms with Crippen LogP contribution in [0.25, 0.3) is 0 Å². The summed E-state index contributed by atoms with van der Waals surface area (Å²) >= 11 is 0. The van der Waals surface area contributed by atoms with Gasteiger partial charge in [0.1, 0.15) is 11.6 Å². The minimum atomic E-state index is 0.202. The molecular formula is C15H22N6O. The molecule has 0 aliphatic carbocycles. The first-order valence-electron chi connectivity index (χ1n) is 7.77. The van der Waals surface area contributed by atoms with Crippen molar-refractivity contribution in [1.29, 1.82) is 0 Å². The number of amides is 1. The zero-order valence-corrected chi connectivity index (χ0v) is 13.1. The van der Waals surface area contributed by atoms with Crippen LogP contribution in [0.4, 0.5) is 0 Å². The number of piperidine rings is 1. The Morgan fingerprint density at radius 2 is 2.27 bits per heavy atom. The molecule has 0 N–H and O–H groups in total. The number of aryl methyl sites for hydroxylation is 3. The molecule has 3 rings (SSSR count). The van der Waals surface area contributed by atoms with Crippen LogP contribution < -0.4 is 0 Å². The van der Waals surface area contributed by atoms with E-state index in [0.717, 1.165) is 37.6 Å². The van der Waals surface area contributed by atoms with Crippen molar-refractivity contribution < 1.29 is 4.79 Å². The van der Waals surface area contributed by atoms with Crippen LogP contribution in [0, 0.1) is 13.8 Å². The SMILES string of the molecule is Cc1nc(C)n([C@H]2CCCN(C(=O)CCn3ccnc3)C2)n1. The van der Waals surface area contributed by atoms with Gasteiger partial charge in [-0.25, -0.2) is 14.6 Å². The van der Waals surface area contributed by atoms with E-state index in [1.807, 2.05) is 34.2 Å². The third kappa shape index (κ3) is 3.18. The van der Waals surface area contributed by atoms with Crippen LogP contribution in [-0.2, 0) is 11.3 Å². The van der Waals surface area contributed by atoms with Crippen molar-refractivity contribution in [3.8, 4) is 0 Å². The highest BCUT2D eigenvalue weighted by Crippen LogP contribution is 2.22. The normalized spacial score (nSPS) is 18.6. The van der Waals surface area contributed by atoms with Gasteiger partial charge in [0.25, 0.3) is 0 Å². The lowest BCUT2D eigenvalue weighted by atomic mass is 10.1. The monoisotopic (exact) mass is 302 g/mol. The third-order valence-corrected chi connectivity index (χ3v) is 4.15. The summed E-state index contributed by atoms with van der Waals surface area (Å²) in [6.07, 6.45) is 7.94. The molecule has 0 bridgehead atoms. The molecular weight excluding hydrogens is 280 g/mol. The van der Waals surface area contributed by atoms with Gasteiger partial charge in [-0.1, -0.05) is 0 Å².